The second-order valence-corrected chi connectivity index (χ2v) is 4.96. The quantitative estimate of drug-likeness (QED) is 0.778. The molecular formula is C13H13BrN4O2. The first-order chi connectivity index (χ1) is 9.56. The predicted molar refractivity (Wildman–Crippen MR) is 80.3 cm³/mol. The smallest absolute Gasteiger partial charge is 0.322 e. The summed E-state index contributed by atoms with van der Waals surface area (Å²) in [5.74, 6) is -0.0983. The fourth-order valence-electron chi connectivity index (χ4n) is 1.57. The predicted octanol–water partition coefficient (Wildman–Crippen LogP) is 2.79. The van der Waals surface area contributed by atoms with Gasteiger partial charge in [-0.1, -0.05) is 6.07 Å². The van der Waals surface area contributed by atoms with Crippen LogP contribution in [0, 0.1) is 6.92 Å². The summed E-state index contributed by atoms with van der Waals surface area (Å²) >= 11 is 3.47. The molecule has 0 saturated carbocycles. The van der Waals surface area contributed by atoms with Gasteiger partial charge in [0.05, 0.1) is 5.69 Å². The van der Waals surface area contributed by atoms with E-state index in [9.17, 15) is 4.79 Å². The normalized spacial score (nSPS) is 10.1. The molecule has 20 heavy (non-hydrogen) atoms. The molecule has 0 unspecified atom stereocenters. The number of aliphatic carboxylic acids is 1. The van der Waals surface area contributed by atoms with E-state index in [0.29, 0.717) is 11.6 Å². The number of carbonyl (C=O) groups is 1. The molecule has 0 spiro atoms. The summed E-state index contributed by atoms with van der Waals surface area (Å²) in [4.78, 5) is 18.8. The maximum absolute atomic E-state index is 10.6. The van der Waals surface area contributed by atoms with Crippen molar-refractivity contribution in [1.82, 2.24) is 9.97 Å². The van der Waals surface area contributed by atoms with Gasteiger partial charge in [-0.15, -0.1) is 0 Å². The SMILES string of the molecule is Cc1ccc(Nc2nccnc2NCC(=O)O)c(Br)c1. The van der Waals surface area contributed by atoms with Crippen LogP contribution in [-0.4, -0.2) is 27.6 Å². The number of rotatable bonds is 5. The number of aryl methyl sites for hydroxylation is 1. The number of hydrogen-bond donors (Lipinski definition) is 3. The second-order valence-electron chi connectivity index (χ2n) is 4.11. The van der Waals surface area contributed by atoms with Gasteiger partial charge in [0.1, 0.15) is 6.54 Å². The molecule has 0 atom stereocenters. The number of benzene rings is 1. The number of carboxylic acids is 1. The van der Waals surface area contributed by atoms with E-state index in [0.717, 1.165) is 15.7 Å². The van der Waals surface area contributed by atoms with Crippen LogP contribution in [0.1, 0.15) is 5.56 Å². The van der Waals surface area contributed by atoms with Crippen molar-refractivity contribution in [3.8, 4) is 0 Å². The number of anilines is 3. The number of hydrogen-bond acceptors (Lipinski definition) is 5. The van der Waals surface area contributed by atoms with Crippen LogP contribution in [0.3, 0.4) is 0 Å². The molecule has 6 nitrogen and oxygen atoms in total. The van der Waals surface area contributed by atoms with Crippen LogP contribution >= 0.6 is 15.9 Å². The molecule has 0 amide bonds. The Morgan fingerprint density at radius 3 is 2.65 bits per heavy atom. The van der Waals surface area contributed by atoms with Crippen molar-refractivity contribution in [1.29, 1.82) is 0 Å². The lowest BCUT2D eigenvalue weighted by molar-refractivity contribution is -0.134. The van der Waals surface area contributed by atoms with E-state index in [-0.39, 0.29) is 6.54 Å². The van der Waals surface area contributed by atoms with Gasteiger partial charge in [0, 0.05) is 16.9 Å². The monoisotopic (exact) mass is 336 g/mol. The molecule has 104 valence electrons. The Hall–Kier alpha value is -2.15. The Balaban J connectivity index is 2.22. The summed E-state index contributed by atoms with van der Waals surface area (Å²) in [6.07, 6.45) is 3.04. The molecule has 0 saturated heterocycles. The van der Waals surface area contributed by atoms with Crippen molar-refractivity contribution in [3.05, 3.63) is 40.6 Å². The first-order valence-electron chi connectivity index (χ1n) is 5.86. The summed E-state index contributed by atoms with van der Waals surface area (Å²) in [6, 6.07) is 5.85. The zero-order valence-electron chi connectivity index (χ0n) is 10.7. The average molecular weight is 337 g/mol. The lowest BCUT2D eigenvalue weighted by Crippen LogP contribution is -2.14. The molecule has 0 aliphatic rings. The minimum absolute atomic E-state index is 0.220. The van der Waals surface area contributed by atoms with E-state index in [1.54, 1.807) is 0 Å². The lowest BCUT2D eigenvalue weighted by Gasteiger charge is -2.12. The topological polar surface area (TPSA) is 87.1 Å². The molecule has 0 bridgehead atoms. The largest absolute Gasteiger partial charge is 0.480 e. The van der Waals surface area contributed by atoms with Gasteiger partial charge in [-0.05, 0) is 40.5 Å². The summed E-state index contributed by atoms with van der Waals surface area (Å²) < 4.78 is 0.896. The molecule has 0 aliphatic carbocycles. The van der Waals surface area contributed by atoms with Crippen LogP contribution < -0.4 is 10.6 Å². The zero-order valence-corrected chi connectivity index (χ0v) is 12.3. The van der Waals surface area contributed by atoms with Gasteiger partial charge >= 0.3 is 5.97 Å². The molecule has 1 aromatic heterocycles. The third-order valence-corrected chi connectivity index (χ3v) is 3.14. The Labute approximate surface area is 124 Å². The van der Waals surface area contributed by atoms with Gasteiger partial charge in [0.25, 0.3) is 0 Å². The van der Waals surface area contributed by atoms with Gasteiger partial charge in [-0.2, -0.15) is 0 Å². The highest BCUT2D eigenvalue weighted by Gasteiger charge is 2.08. The molecule has 3 N–H and O–H groups in total. The minimum Gasteiger partial charge on any atom is -0.480 e. The highest BCUT2D eigenvalue weighted by molar-refractivity contribution is 9.10. The Kier molecular flexibility index (Phi) is 4.52. The van der Waals surface area contributed by atoms with E-state index >= 15 is 0 Å². The molecule has 0 aliphatic heterocycles. The fourth-order valence-corrected chi connectivity index (χ4v) is 2.16. The highest BCUT2D eigenvalue weighted by Crippen LogP contribution is 2.28. The van der Waals surface area contributed by atoms with E-state index in [2.05, 4.69) is 36.5 Å². The summed E-state index contributed by atoms with van der Waals surface area (Å²) in [5, 5.41) is 14.5. The summed E-state index contributed by atoms with van der Waals surface area (Å²) in [6.45, 7) is 1.78. The van der Waals surface area contributed by atoms with Crippen molar-refractivity contribution in [2.45, 2.75) is 6.92 Å². The highest BCUT2D eigenvalue weighted by atomic mass is 79.9. The van der Waals surface area contributed by atoms with Crippen molar-refractivity contribution in [3.63, 3.8) is 0 Å². The third kappa shape index (κ3) is 3.67. The number of carboxylic acid groups (broad SMARTS) is 1. The molecule has 7 heteroatoms. The van der Waals surface area contributed by atoms with Gasteiger partial charge in [0.2, 0.25) is 0 Å². The summed E-state index contributed by atoms with van der Waals surface area (Å²) in [7, 11) is 0. The molecule has 2 aromatic rings. The van der Waals surface area contributed by atoms with Crippen molar-refractivity contribution >= 4 is 39.2 Å². The van der Waals surface area contributed by atoms with Gasteiger partial charge < -0.3 is 15.7 Å². The molecule has 1 aromatic carbocycles. The third-order valence-electron chi connectivity index (χ3n) is 2.48. The summed E-state index contributed by atoms with van der Waals surface area (Å²) in [5.41, 5.74) is 1.96. The fraction of sp³-hybridized carbons (Fsp3) is 0.154. The van der Waals surface area contributed by atoms with E-state index in [4.69, 9.17) is 5.11 Å². The Bertz CT molecular complexity index is 634. The maximum Gasteiger partial charge on any atom is 0.322 e. The molecule has 2 rings (SSSR count). The first-order valence-corrected chi connectivity index (χ1v) is 6.65. The first kappa shape index (κ1) is 14.3. The average Bonchev–Trinajstić information content (AvgIpc) is 2.41. The Morgan fingerprint density at radius 1 is 1.30 bits per heavy atom. The van der Waals surface area contributed by atoms with Gasteiger partial charge in [-0.3, -0.25) is 4.79 Å². The lowest BCUT2D eigenvalue weighted by atomic mass is 10.2. The van der Waals surface area contributed by atoms with E-state index < -0.39 is 5.97 Å². The second kappa shape index (κ2) is 6.33. The molecule has 0 radical (unpaired) electrons. The molecular weight excluding hydrogens is 324 g/mol. The number of nitrogens with one attached hydrogen (secondary N) is 2. The standard InChI is InChI=1S/C13H13BrN4O2/c1-8-2-3-10(9(14)6-8)18-13-12(15-4-5-16-13)17-7-11(19)20/h2-6H,7H2,1H3,(H,15,17)(H,16,18)(H,19,20). The van der Waals surface area contributed by atoms with Crippen LogP contribution in [0.5, 0.6) is 0 Å². The van der Waals surface area contributed by atoms with Gasteiger partial charge in [0.15, 0.2) is 11.6 Å². The van der Waals surface area contributed by atoms with Gasteiger partial charge in [-0.25, -0.2) is 9.97 Å². The molecule has 0 fully saturated rings. The van der Waals surface area contributed by atoms with Crippen LogP contribution in [0.25, 0.3) is 0 Å². The van der Waals surface area contributed by atoms with Crippen LogP contribution in [0.4, 0.5) is 17.3 Å². The Morgan fingerprint density at radius 2 is 2.00 bits per heavy atom. The van der Waals surface area contributed by atoms with Crippen molar-refractivity contribution in [2.24, 2.45) is 0 Å². The maximum atomic E-state index is 10.6. The van der Waals surface area contributed by atoms with Crippen LogP contribution in [-0.2, 0) is 4.79 Å². The van der Waals surface area contributed by atoms with Crippen LogP contribution in [0.2, 0.25) is 0 Å². The number of halogens is 1. The zero-order chi connectivity index (χ0) is 14.5. The number of aromatic nitrogens is 2. The number of nitrogens with zero attached hydrogens (tertiary/aromatic N) is 2. The van der Waals surface area contributed by atoms with E-state index in [1.165, 1.54) is 12.4 Å². The van der Waals surface area contributed by atoms with Crippen LogP contribution in [0.15, 0.2) is 35.1 Å². The van der Waals surface area contributed by atoms with Crippen molar-refractivity contribution in [2.75, 3.05) is 17.2 Å². The molecule has 1 heterocycles. The van der Waals surface area contributed by atoms with Crippen molar-refractivity contribution < 1.29 is 9.90 Å². The van der Waals surface area contributed by atoms with E-state index in [1.807, 2.05) is 25.1 Å². The minimum atomic E-state index is -0.960.